The Morgan fingerprint density at radius 3 is 2.76 bits per heavy atom. The molecule has 0 atom stereocenters. The largest absolute Gasteiger partial charge is 0.378 e. The molecule has 10 heteroatoms. The topological polar surface area (TPSA) is 73.4 Å². The SMILES string of the molecule is CSN1CCN(Cc2cc3nc(-c4cccc5[nH]ncc45)nc(N4CCOCC4)c3s2)CC1. The third kappa shape index (κ3) is 4.22. The molecule has 33 heavy (non-hydrogen) atoms. The molecule has 0 saturated carbocycles. The number of piperazine rings is 1. The number of thiophene rings is 1. The highest BCUT2D eigenvalue weighted by atomic mass is 32.2. The second kappa shape index (κ2) is 9.19. The summed E-state index contributed by atoms with van der Waals surface area (Å²) >= 11 is 3.69. The molecule has 0 aliphatic carbocycles. The van der Waals surface area contributed by atoms with Gasteiger partial charge in [0.1, 0.15) is 0 Å². The van der Waals surface area contributed by atoms with Crippen LogP contribution in [0.15, 0.2) is 30.5 Å². The molecule has 0 bridgehead atoms. The fraction of sp³-hybridized carbons (Fsp3) is 0.435. The van der Waals surface area contributed by atoms with Crippen LogP contribution in [0.5, 0.6) is 0 Å². The van der Waals surface area contributed by atoms with Crippen LogP contribution in [0.2, 0.25) is 0 Å². The lowest BCUT2D eigenvalue weighted by atomic mass is 10.1. The van der Waals surface area contributed by atoms with Gasteiger partial charge in [-0.15, -0.1) is 11.3 Å². The summed E-state index contributed by atoms with van der Waals surface area (Å²) in [6.07, 6.45) is 4.02. The van der Waals surface area contributed by atoms with Crippen LogP contribution in [0.25, 0.3) is 32.5 Å². The van der Waals surface area contributed by atoms with Crippen molar-refractivity contribution >= 4 is 50.2 Å². The molecule has 2 fully saturated rings. The molecule has 8 nitrogen and oxygen atoms in total. The first-order chi connectivity index (χ1) is 16.3. The van der Waals surface area contributed by atoms with Crippen molar-refractivity contribution in [3.8, 4) is 11.4 Å². The van der Waals surface area contributed by atoms with Crippen LogP contribution < -0.4 is 4.90 Å². The molecule has 2 aliphatic heterocycles. The van der Waals surface area contributed by atoms with Crippen LogP contribution in [0.1, 0.15) is 4.88 Å². The Labute approximate surface area is 201 Å². The Balaban J connectivity index is 1.39. The molecular weight excluding hydrogens is 454 g/mol. The molecule has 2 saturated heterocycles. The number of hydrogen-bond acceptors (Lipinski definition) is 9. The molecule has 1 N–H and O–H groups in total. The van der Waals surface area contributed by atoms with Crippen LogP contribution in [0.3, 0.4) is 0 Å². The number of aromatic nitrogens is 4. The van der Waals surface area contributed by atoms with E-state index in [2.05, 4.69) is 42.7 Å². The first kappa shape index (κ1) is 21.3. The van der Waals surface area contributed by atoms with Crippen molar-refractivity contribution < 1.29 is 4.74 Å². The highest BCUT2D eigenvalue weighted by molar-refractivity contribution is 7.96. The summed E-state index contributed by atoms with van der Waals surface area (Å²) in [6.45, 7) is 8.57. The first-order valence-electron chi connectivity index (χ1n) is 11.4. The van der Waals surface area contributed by atoms with E-state index in [4.69, 9.17) is 14.7 Å². The predicted octanol–water partition coefficient (Wildman–Crippen LogP) is 3.47. The van der Waals surface area contributed by atoms with E-state index in [1.165, 1.54) is 9.58 Å². The van der Waals surface area contributed by atoms with E-state index in [-0.39, 0.29) is 0 Å². The maximum absolute atomic E-state index is 5.61. The second-order valence-corrected chi connectivity index (χ2v) is 10.4. The normalized spacial score (nSPS) is 18.5. The second-order valence-electron chi connectivity index (χ2n) is 8.42. The Morgan fingerprint density at radius 1 is 1.09 bits per heavy atom. The standard InChI is InChI=1S/C23H27N7OS2/c1-32-30-7-5-28(6-8-30)15-16-13-20-21(33-16)23(29-9-11-31-12-10-29)26-22(25-20)17-3-2-4-19-18(17)14-24-27-19/h2-4,13-14H,5-12,15H2,1H3,(H,24,27). The molecule has 3 aromatic heterocycles. The van der Waals surface area contributed by atoms with Crippen molar-refractivity contribution in [3.63, 3.8) is 0 Å². The van der Waals surface area contributed by atoms with Crippen molar-refractivity contribution in [2.75, 3.05) is 63.6 Å². The van der Waals surface area contributed by atoms with E-state index in [0.29, 0.717) is 0 Å². The number of aromatic amines is 1. The maximum atomic E-state index is 5.61. The number of ether oxygens (including phenoxy) is 1. The summed E-state index contributed by atoms with van der Waals surface area (Å²) < 4.78 is 9.23. The number of fused-ring (bicyclic) bond motifs is 2. The van der Waals surface area contributed by atoms with Gasteiger partial charge in [-0.3, -0.25) is 10.00 Å². The molecule has 1 aromatic carbocycles. The molecule has 4 aromatic rings. The average Bonchev–Trinajstić information content (AvgIpc) is 3.51. The Hall–Kier alpha value is -2.24. The third-order valence-corrected chi connectivity index (χ3v) is 8.40. The third-order valence-electron chi connectivity index (χ3n) is 6.41. The molecule has 0 unspecified atom stereocenters. The number of morpholine rings is 1. The summed E-state index contributed by atoms with van der Waals surface area (Å²) in [7, 11) is 0. The number of benzene rings is 1. The van der Waals surface area contributed by atoms with Crippen LogP contribution in [0.4, 0.5) is 5.82 Å². The zero-order valence-corrected chi connectivity index (χ0v) is 20.3. The molecule has 2 aliphatic rings. The van der Waals surface area contributed by atoms with Gasteiger partial charge >= 0.3 is 0 Å². The molecule has 172 valence electrons. The number of anilines is 1. The highest BCUT2D eigenvalue weighted by Gasteiger charge is 2.22. The van der Waals surface area contributed by atoms with E-state index in [9.17, 15) is 0 Å². The van der Waals surface area contributed by atoms with Crippen molar-refractivity contribution in [2.45, 2.75) is 6.54 Å². The lowest BCUT2D eigenvalue weighted by Gasteiger charge is -2.32. The van der Waals surface area contributed by atoms with Crippen LogP contribution in [-0.2, 0) is 11.3 Å². The quantitative estimate of drug-likeness (QED) is 0.435. The number of nitrogens with one attached hydrogen (secondary N) is 1. The van der Waals surface area contributed by atoms with Gasteiger partial charge in [0.05, 0.1) is 35.1 Å². The van der Waals surface area contributed by atoms with Gasteiger partial charge < -0.3 is 9.64 Å². The predicted molar refractivity (Wildman–Crippen MR) is 136 cm³/mol. The minimum absolute atomic E-state index is 0.732. The molecule has 0 radical (unpaired) electrons. The van der Waals surface area contributed by atoms with E-state index in [0.717, 1.165) is 92.7 Å². The van der Waals surface area contributed by atoms with Crippen LogP contribution in [0, 0.1) is 0 Å². The van der Waals surface area contributed by atoms with Gasteiger partial charge in [-0.05, 0) is 18.4 Å². The highest BCUT2D eigenvalue weighted by Crippen LogP contribution is 2.36. The van der Waals surface area contributed by atoms with Gasteiger partial charge in [0.2, 0.25) is 0 Å². The Morgan fingerprint density at radius 2 is 1.94 bits per heavy atom. The van der Waals surface area contributed by atoms with Gasteiger partial charge in [-0.1, -0.05) is 24.1 Å². The molecular formula is C23H27N7OS2. The fourth-order valence-corrected chi connectivity index (χ4v) is 6.29. The van der Waals surface area contributed by atoms with Crippen LogP contribution in [-0.4, -0.2) is 88.1 Å². The smallest absolute Gasteiger partial charge is 0.162 e. The van der Waals surface area contributed by atoms with Crippen molar-refractivity contribution in [2.24, 2.45) is 0 Å². The van der Waals surface area contributed by atoms with Gasteiger partial charge in [0, 0.05) is 61.6 Å². The van der Waals surface area contributed by atoms with Crippen LogP contribution >= 0.6 is 23.3 Å². The van der Waals surface area contributed by atoms with E-state index in [1.54, 1.807) is 0 Å². The van der Waals surface area contributed by atoms with Crippen molar-refractivity contribution in [1.29, 1.82) is 0 Å². The fourth-order valence-electron chi connectivity index (χ4n) is 4.61. The average molecular weight is 482 g/mol. The summed E-state index contributed by atoms with van der Waals surface area (Å²) in [5.41, 5.74) is 3.04. The minimum Gasteiger partial charge on any atom is -0.378 e. The number of nitrogens with zero attached hydrogens (tertiary/aromatic N) is 6. The van der Waals surface area contributed by atoms with Gasteiger partial charge in [0.25, 0.3) is 0 Å². The van der Waals surface area contributed by atoms with Gasteiger partial charge in [-0.2, -0.15) is 5.10 Å². The lowest BCUT2D eigenvalue weighted by molar-refractivity contribution is 0.122. The minimum atomic E-state index is 0.732. The molecule has 0 spiro atoms. The monoisotopic (exact) mass is 481 g/mol. The Bertz CT molecular complexity index is 1260. The molecule has 0 amide bonds. The lowest BCUT2D eigenvalue weighted by Crippen LogP contribution is -2.42. The maximum Gasteiger partial charge on any atom is 0.162 e. The van der Waals surface area contributed by atoms with E-state index >= 15 is 0 Å². The van der Waals surface area contributed by atoms with Crippen molar-refractivity contribution in [3.05, 3.63) is 35.3 Å². The zero-order chi connectivity index (χ0) is 22.2. The van der Waals surface area contributed by atoms with Gasteiger partial charge in [-0.25, -0.2) is 14.3 Å². The van der Waals surface area contributed by atoms with E-state index in [1.807, 2.05) is 41.6 Å². The van der Waals surface area contributed by atoms with E-state index < -0.39 is 0 Å². The summed E-state index contributed by atoms with van der Waals surface area (Å²) in [5.74, 6) is 1.79. The Kier molecular flexibility index (Phi) is 5.93. The molecule has 5 heterocycles. The number of hydrogen-bond donors (Lipinski definition) is 1. The summed E-state index contributed by atoms with van der Waals surface area (Å²) in [5, 5.41) is 8.34. The van der Waals surface area contributed by atoms with Gasteiger partial charge in [0.15, 0.2) is 11.6 Å². The number of rotatable bonds is 5. The molecule has 6 rings (SSSR count). The van der Waals surface area contributed by atoms with Crippen molar-refractivity contribution in [1.82, 2.24) is 29.4 Å². The first-order valence-corrected chi connectivity index (χ1v) is 13.4. The summed E-state index contributed by atoms with van der Waals surface area (Å²) in [4.78, 5) is 16.4. The number of H-pyrrole nitrogens is 1. The summed E-state index contributed by atoms with van der Waals surface area (Å²) in [6, 6.07) is 8.42. The zero-order valence-electron chi connectivity index (χ0n) is 18.7.